The zero-order valence-electron chi connectivity index (χ0n) is 13.7. The zero-order valence-corrected chi connectivity index (χ0v) is 13.7. The van der Waals surface area contributed by atoms with E-state index < -0.39 is 0 Å². The molecule has 1 amide bonds. The molecule has 0 fully saturated rings. The fraction of sp³-hybridized carbons (Fsp3) is 0.278. The molecule has 2 aromatic rings. The lowest BCUT2D eigenvalue weighted by Crippen LogP contribution is -2.40. The van der Waals surface area contributed by atoms with Crippen molar-refractivity contribution in [1.82, 2.24) is 0 Å². The molecule has 2 aromatic carbocycles. The van der Waals surface area contributed by atoms with E-state index in [0.29, 0.717) is 5.69 Å². The van der Waals surface area contributed by atoms with Gasteiger partial charge in [0.15, 0.2) is 0 Å². The number of hydrogen-bond acceptors (Lipinski definition) is 4. The van der Waals surface area contributed by atoms with Crippen molar-refractivity contribution in [1.29, 1.82) is 0 Å². The third-order valence-corrected chi connectivity index (χ3v) is 3.53. The van der Waals surface area contributed by atoms with Gasteiger partial charge in [-0.25, -0.2) is 0 Å². The second-order valence-electron chi connectivity index (χ2n) is 5.50. The molecule has 2 rings (SSSR count). The number of nitrogens with one attached hydrogen (secondary N) is 1. The van der Waals surface area contributed by atoms with Crippen molar-refractivity contribution >= 4 is 23.0 Å². The van der Waals surface area contributed by atoms with Crippen LogP contribution in [0.5, 0.6) is 5.75 Å². The summed E-state index contributed by atoms with van der Waals surface area (Å²) in [5.74, 6) is 0.744. The number of nitrogens with two attached hydrogens (primary N) is 1. The van der Waals surface area contributed by atoms with E-state index >= 15 is 0 Å². The molecule has 5 nitrogen and oxygen atoms in total. The minimum absolute atomic E-state index is 0.0200. The third kappa shape index (κ3) is 4.16. The first-order valence-electron chi connectivity index (χ1n) is 7.57. The first-order valence-corrected chi connectivity index (χ1v) is 7.57. The van der Waals surface area contributed by atoms with Gasteiger partial charge < -0.3 is 20.7 Å². The normalized spacial score (nSPS) is 10.4. The highest BCUT2D eigenvalue weighted by Gasteiger charge is 2.19. The number of anilines is 3. The van der Waals surface area contributed by atoms with E-state index in [0.717, 1.165) is 17.1 Å². The Kier molecular flexibility index (Phi) is 5.46. The zero-order chi connectivity index (χ0) is 16.8. The Morgan fingerprint density at radius 1 is 1.17 bits per heavy atom. The molecule has 0 aromatic heterocycles. The topological polar surface area (TPSA) is 67.6 Å². The maximum absolute atomic E-state index is 12.6. The highest BCUT2D eigenvalue weighted by molar-refractivity contribution is 5.97. The third-order valence-electron chi connectivity index (χ3n) is 3.53. The molecular weight excluding hydrogens is 290 g/mol. The van der Waals surface area contributed by atoms with Crippen LogP contribution in [0.4, 0.5) is 17.1 Å². The lowest BCUT2D eigenvalue weighted by atomic mass is 10.2. The molecule has 0 aliphatic rings. The Labute approximate surface area is 137 Å². The first kappa shape index (κ1) is 16.7. The van der Waals surface area contributed by atoms with Crippen molar-refractivity contribution in [3.05, 3.63) is 48.5 Å². The SMILES string of the molecule is COc1ccc(N(C(=O)CNc2ccccc2N)C(C)C)cc1. The van der Waals surface area contributed by atoms with Crippen LogP contribution in [0.15, 0.2) is 48.5 Å². The van der Waals surface area contributed by atoms with Crippen LogP contribution >= 0.6 is 0 Å². The monoisotopic (exact) mass is 313 g/mol. The molecule has 0 bridgehead atoms. The van der Waals surface area contributed by atoms with Crippen LogP contribution in [0.3, 0.4) is 0 Å². The van der Waals surface area contributed by atoms with Gasteiger partial charge in [-0.05, 0) is 50.2 Å². The van der Waals surface area contributed by atoms with E-state index in [2.05, 4.69) is 5.32 Å². The molecule has 0 radical (unpaired) electrons. The maximum atomic E-state index is 12.6. The van der Waals surface area contributed by atoms with Crippen LogP contribution in [-0.4, -0.2) is 25.6 Å². The van der Waals surface area contributed by atoms with Gasteiger partial charge in [-0.2, -0.15) is 0 Å². The Morgan fingerprint density at radius 2 is 1.83 bits per heavy atom. The average Bonchev–Trinajstić information content (AvgIpc) is 2.54. The van der Waals surface area contributed by atoms with Gasteiger partial charge in [-0.3, -0.25) is 4.79 Å². The molecule has 0 saturated carbocycles. The summed E-state index contributed by atoms with van der Waals surface area (Å²) in [5.41, 5.74) is 8.11. The van der Waals surface area contributed by atoms with Crippen molar-refractivity contribution in [2.24, 2.45) is 0 Å². The Morgan fingerprint density at radius 3 is 2.39 bits per heavy atom. The number of amides is 1. The summed E-state index contributed by atoms with van der Waals surface area (Å²) in [7, 11) is 1.62. The summed E-state index contributed by atoms with van der Waals surface area (Å²) < 4.78 is 5.16. The Balaban J connectivity index is 2.10. The highest BCUT2D eigenvalue weighted by atomic mass is 16.5. The van der Waals surface area contributed by atoms with E-state index in [9.17, 15) is 4.79 Å². The van der Waals surface area contributed by atoms with Crippen LogP contribution in [-0.2, 0) is 4.79 Å². The van der Waals surface area contributed by atoms with Gasteiger partial charge in [0.05, 0.1) is 25.0 Å². The summed E-state index contributed by atoms with van der Waals surface area (Å²) >= 11 is 0. The number of nitrogens with zero attached hydrogens (tertiary/aromatic N) is 1. The molecular formula is C18H23N3O2. The highest BCUT2D eigenvalue weighted by Crippen LogP contribution is 2.22. The van der Waals surface area contributed by atoms with Gasteiger partial charge in [-0.15, -0.1) is 0 Å². The van der Waals surface area contributed by atoms with E-state index in [-0.39, 0.29) is 18.5 Å². The summed E-state index contributed by atoms with van der Waals surface area (Å²) in [6.45, 7) is 4.15. The average molecular weight is 313 g/mol. The van der Waals surface area contributed by atoms with Gasteiger partial charge in [0.25, 0.3) is 0 Å². The molecule has 0 aliphatic carbocycles. The van der Waals surface area contributed by atoms with Crippen LogP contribution in [0.25, 0.3) is 0 Å². The largest absolute Gasteiger partial charge is 0.497 e. The predicted octanol–water partition coefficient (Wildman–Crippen LogP) is 3.13. The number of nitrogen functional groups attached to an aromatic ring is 1. The van der Waals surface area contributed by atoms with Crippen LogP contribution < -0.4 is 20.7 Å². The van der Waals surface area contributed by atoms with Crippen molar-refractivity contribution < 1.29 is 9.53 Å². The number of carbonyl (C=O) groups is 1. The number of ether oxygens (including phenoxy) is 1. The standard InChI is InChI=1S/C18H23N3O2/c1-13(2)21(14-8-10-15(23-3)11-9-14)18(22)12-20-17-7-5-4-6-16(17)19/h4-11,13,20H,12,19H2,1-3H3. The quantitative estimate of drug-likeness (QED) is 0.804. The molecule has 0 heterocycles. The maximum Gasteiger partial charge on any atom is 0.246 e. The van der Waals surface area contributed by atoms with E-state index in [1.807, 2.05) is 56.3 Å². The van der Waals surface area contributed by atoms with Crippen molar-refractivity contribution in [3.63, 3.8) is 0 Å². The van der Waals surface area contributed by atoms with Gasteiger partial charge >= 0.3 is 0 Å². The van der Waals surface area contributed by atoms with Gasteiger partial charge in [0.2, 0.25) is 5.91 Å². The minimum Gasteiger partial charge on any atom is -0.497 e. The fourth-order valence-corrected chi connectivity index (χ4v) is 2.39. The number of carbonyl (C=O) groups excluding carboxylic acids is 1. The van der Waals surface area contributed by atoms with E-state index in [1.54, 1.807) is 18.1 Å². The van der Waals surface area contributed by atoms with Gasteiger partial charge in [0, 0.05) is 11.7 Å². The number of hydrogen-bond donors (Lipinski definition) is 2. The van der Waals surface area contributed by atoms with Crippen molar-refractivity contribution in [2.75, 3.05) is 29.6 Å². The molecule has 122 valence electrons. The first-order chi connectivity index (χ1) is 11.0. The Bertz CT molecular complexity index is 654. The van der Waals surface area contributed by atoms with Crippen LogP contribution in [0.1, 0.15) is 13.8 Å². The summed E-state index contributed by atoms with van der Waals surface area (Å²) in [5, 5.41) is 3.10. The fourth-order valence-electron chi connectivity index (χ4n) is 2.39. The van der Waals surface area contributed by atoms with Crippen molar-refractivity contribution in [2.45, 2.75) is 19.9 Å². The van der Waals surface area contributed by atoms with Crippen molar-refractivity contribution in [3.8, 4) is 5.75 Å². The number of para-hydroxylation sites is 2. The Hall–Kier alpha value is -2.69. The summed E-state index contributed by atoms with van der Waals surface area (Å²) in [6, 6.07) is 14.9. The lowest BCUT2D eigenvalue weighted by Gasteiger charge is -2.27. The van der Waals surface area contributed by atoms with E-state index in [4.69, 9.17) is 10.5 Å². The van der Waals surface area contributed by atoms with Crippen LogP contribution in [0.2, 0.25) is 0 Å². The molecule has 0 saturated heterocycles. The second kappa shape index (κ2) is 7.54. The predicted molar refractivity (Wildman–Crippen MR) is 95.0 cm³/mol. The summed E-state index contributed by atoms with van der Waals surface area (Å²) in [6.07, 6.45) is 0. The number of benzene rings is 2. The van der Waals surface area contributed by atoms with Gasteiger partial charge in [0.1, 0.15) is 5.75 Å². The molecule has 0 atom stereocenters. The van der Waals surface area contributed by atoms with Crippen LogP contribution in [0, 0.1) is 0 Å². The minimum atomic E-state index is -0.0200. The lowest BCUT2D eigenvalue weighted by molar-refractivity contribution is -0.117. The molecule has 23 heavy (non-hydrogen) atoms. The number of rotatable bonds is 6. The summed E-state index contributed by atoms with van der Waals surface area (Å²) in [4.78, 5) is 14.4. The molecule has 0 unspecified atom stereocenters. The van der Waals surface area contributed by atoms with Gasteiger partial charge in [-0.1, -0.05) is 12.1 Å². The molecule has 0 aliphatic heterocycles. The molecule has 3 N–H and O–H groups in total. The molecule has 5 heteroatoms. The smallest absolute Gasteiger partial charge is 0.246 e. The second-order valence-corrected chi connectivity index (χ2v) is 5.50. The number of methoxy groups -OCH3 is 1. The molecule has 0 spiro atoms. The van der Waals surface area contributed by atoms with E-state index in [1.165, 1.54) is 0 Å².